The number of halogens is 1. The number of dihydropyridines is 1. The molecule has 0 bridgehead atoms. The Bertz CT molecular complexity index is 986. The molecule has 1 aromatic carbocycles. The lowest BCUT2D eigenvalue weighted by molar-refractivity contribution is -0.145. The SMILES string of the molecule is CC1(C)OC(=O)C2=C1NC(N)=C(C#N)C21C(=O)Nc2c(Cl)cccc21. The third-order valence-electron chi connectivity index (χ3n) is 4.79. The van der Waals surface area contributed by atoms with Crippen LogP contribution in [0.3, 0.4) is 0 Å². The Morgan fingerprint density at radius 2 is 2.00 bits per heavy atom. The maximum absolute atomic E-state index is 13.1. The number of ether oxygens (including phenoxy) is 1. The first kappa shape index (κ1) is 15.5. The van der Waals surface area contributed by atoms with Gasteiger partial charge in [0.15, 0.2) is 0 Å². The van der Waals surface area contributed by atoms with Crippen LogP contribution in [0.5, 0.6) is 0 Å². The van der Waals surface area contributed by atoms with Crippen molar-refractivity contribution in [1.29, 1.82) is 5.26 Å². The van der Waals surface area contributed by atoms with Gasteiger partial charge in [-0.2, -0.15) is 5.26 Å². The number of hydrogen-bond donors (Lipinski definition) is 3. The summed E-state index contributed by atoms with van der Waals surface area (Å²) in [5.74, 6) is -1.22. The fourth-order valence-electron chi connectivity index (χ4n) is 3.75. The number of hydrogen-bond acceptors (Lipinski definition) is 6. The van der Waals surface area contributed by atoms with Crippen LogP contribution >= 0.6 is 11.6 Å². The maximum Gasteiger partial charge on any atom is 0.338 e. The zero-order valence-corrected chi connectivity index (χ0v) is 14.1. The second-order valence-corrected chi connectivity index (χ2v) is 6.95. The molecule has 0 saturated carbocycles. The van der Waals surface area contributed by atoms with E-state index in [2.05, 4.69) is 10.6 Å². The topological polar surface area (TPSA) is 117 Å². The molecule has 4 rings (SSSR count). The number of rotatable bonds is 0. The fraction of sp³-hybridized carbons (Fsp3) is 0.235. The van der Waals surface area contributed by atoms with E-state index in [1.54, 1.807) is 32.0 Å². The molecular weight excluding hydrogens is 344 g/mol. The van der Waals surface area contributed by atoms with Crippen LogP contribution in [0.15, 0.2) is 40.9 Å². The van der Waals surface area contributed by atoms with Gasteiger partial charge in [0, 0.05) is 5.56 Å². The molecule has 3 heterocycles. The highest BCUT2D eigenvalue weighted by molar-refractivity contribution is 6.35. The lowest BCUT2D eigenvalue weighted by atomic mass is 9.67. The van der Waals surface area contributed by atoms with Gasteiger partial charge >= 0.3 is 5.97 Å². The smallest absolute Gasteiger partial charge is 0.338 e. The summed E-state index contributed by atoms with van der Waals surface area (Å²) in [5, 5.41) is 15.6. The number of benzene rings is 1. The summed E-state index contributed by atoms with van der Waals surface area (Å²) in [4.78, 5) is 25.8. The number of para-hydroxylation sites is 1. The summed E-state index contributed by atoms with van der Waals surface area (Å²) in [5.41, 5.74) is 4.53. The standard InChI is InChI=1S/C17H13ClN4O3/c1-16(2)12-10(14(23)25-16)17(8(6-19)13(20)22-12)7-4-3-5-9(18)11(7)21-15(17)24/h3-5,22H,20H2,1-2H3,(H,21,24). The first-order valence-corrected chi connectivity index (χ1v) is 7.89. The molecule has 4 N–H and O–H groups in total. The van der Waals surface area contributed by atoms with Gasteiger partial charge in [-0.3, -0.25) is 4.79 Å². The third kappa shape index (κ3) is 1.64. The number of nitrogens with one attached hydrogen (secondary N) is 2. The van der Waals surface area contributed by atoms with Gasteiger partial charge in [-0.05, 0) is 19.9 Å². The second kappa shape index (κ2) is 4.55. The molecule has 1 spiro atoms. The van der Waals surface area contributed by atoms with Crippen LogP contribution in [0.25, 0.3) is 0 Å². The van der Waals surface area contributed by atoms with E-state index in [4.69, 9.17) is 22.1 Å². The van der Waals surface area contributed by atoms with Gasteiger partial charge in [0.05, 0.1) is 27.6 Å². The van der Waals surface area contributed by atoms with Crippen LogP contribution in [0.4, 0.5) is 5.69 Å². The Hall–Kier alpha value is -2.98. The van der Waals surface area contributed by atoms with Crippen LogP contribution in [-0.4, -0.2) is 17.5 Å². The molecule has 0 fully saturated rings. The highest BCUT2D eigenvalue weighted by Crippen LogP contribution is 2.55. The van der Waals surface area contributed by atoms with Crippen LogP contribution in [0.2, 0.25) is 5.02 Å². The summed E-state index contributed by atoms with van der Waals surface area (Å²) in [6.07, 6.45) is 0. The van der Waals surface area contributed by atoms with Gasteiger partial charge in [0.2, 0.25) is 5.91 Å². The number of amides is 1. The van der Waals surface area contributed by atoms with Gasteiger partial charge in [-0.1, -0.05) is 23.7 Å². The van der Waals surface area contributed by atoms with Crippen molar-refractivity contribution in [3.8, 4) is 6.07 Å². The summed E-state index contributed by atoms with van der Waals surface area (Å²) in [6.45, 7) is 3.37. The van der Waals surface area contributed by atoms with Crippen molar-refractivity contribution in [3.63, 3.8) is 0 Å². The van der Waals surface area contributed by atoms with Crippen molar-refractivity contribution in [3.05, 3.63) is 51.4 Å². The average molecular weight is 357 g/mol. The largest absolute Gasteiger partial charge is 0.450 e. The quantitative estimate of drug-likeness (QED) is 0.605. The minimum absolute atomic E-state index is 0.00982. The molecule has 3 aliphatic rings. The Labute approximate surface area is 148 Å². The molecule has 1 amide bonds. The second-order valence-electron chi connectivity index (χ2n) is 6.54. The molecule has 0 aromatic heterocycles. The zero-order valence-electron chi connectivity index (χ0n) is 13.4. The van der Waals surface area contributed by atoms with E-state index >= 15 is 0 Å². The van der Waals surface area contributed by atoms with Crippen molar-refractivity contribution in [2.45, 2.75) is 24.9 Å². The Morgan fingerprint density at radius 1 is 1.28 bits per heavy atom. The molecular formula is C17H13ClN4O3. The monoisotopic (exact) mass is 356 g/mol. The number of nitrogens with zero attached hydrogens (tertiary/aromatic N) is 1. The number of esters is 1. The summed E-state index contributed by atoms with van der Waals surface area (Å²) in [7, 11) is 0. The average Bonchev–Trinajstić information content (AvgIpc) is 2.94. The first-order valence-electron chi connectivity index (χ1n) is 7.51. The summed E-state index contributed by atoms with van der Waals surface area (Å²) in [6, 6.07) is 6.91. The highest BCUT2D eigenvalue weighted by atomic mass is 35.5. The molecule has 25 heavy (non-hydrogen) atoms. The zero-order chi connectivity index (χ0) is 18.1. The Kier molecular flexibility index (Phi) is 2.83. The molecule has 0 aliphatic carbocycles. The Balaban J connectivity index is 2.16. The normalized spacial score (nSPS) is 26.0. The van der Waals surface area contributed by atoms with E-state index in [1.807, 2.05) is 6.07 Å². The Morgan fingerprint density at radius 3 is 2.68 bits per heavy atom. The van der Waals surface area contributed by atoms with Crippen molar-refractivity contribution in [2.75, 3.05) is 5.32 Å². The minimum Gasteiger partial charge on any atom is -0.450 e. The molecule has 1 unspecified atom stereocenters. The number of carbonyl (C=O) groups excluding carboxylic acids is 2. The number of nitriles is 1. The van der Waals surface area contributed by atoms with E-state index in [0.29, 0.717) is 22.0 Å². The van der Waals surface area contributed by atoms with E-state index in [-0.39, 0.29) is 17.0 Å². The lowest BCUT2D eigenvalue weighted by Gasteiger charge is -2.34. The van der Waals surface area contributed by atoms with Crippen molar-refractivity contribution in [1.82, 2.24) is 5.32 Å². The van der Waals surface area contributed by atoms with Gasteiger partial charge in [-0.25, -0.2) is 4.79 Å². The number of fused-ring (bicyclic) bond motifs is 3. The number of cyclic esters (lactones) is 1. The van der Waals surface area contributed by atoms with Crippen LogP contribution in [0, 0.1) is 11.3 Å². The summed E-state index contributed by atoms with van der Waals surface area (Å²) >= 11 is 6.21. The van der Waals surface area contributed by atoms with Gasteiger partial charge in [-0.15, -0.1) is 0 Å². The van der Waals surface area contributed by atoms with Gasteiger partial charge in [0.1, 0.15) is 22.9 Å². The number of anilines is 1. The van der Waals surface area contributed by atoms with Gasteiger partial charge < -0.3 is 21.1 Å². The highest BCUT2D eigenvalue weighted by Gasteiger charge is 2.63. The molecule has 0 radical (unpaired) electrons. The molecule has 1 atom stereocenters. The van der Waals surface area contributed by atoms with Crippen molar-refractivity contribution < 1.29 is 14.3 Å². The van der Waals surface area contributed by atoms with Crippen molar-refractivity contribution in [2.24, 2.45) is 5.73 Å². The first-order chi connectivity index (χ1) is 11.7. The summed E-state index contributed by atoms with van der Waals surface area (Å²) < 4.78 is 5.44. The predicted octanol–water partition coefficient (Wildman–Crippen LogP) is 1.42. The van der Waals surface area contributed by atoms with Crippen LogP contribution in [0.1, 0.15) is 19.4 Å². The fourth-order valence-corrected chi connectivity index (χ4v) is 3.97. The molecule has 126 valence electrons. The van der Waals surface area contributed by atoms with E-state index in [9.17, 15) is 14.9 Å². The van der Waals surface area contributed by atoms with E-state index < -0.39 is 22.9 Å². The predicted molar refractivity (Wildman–Crippen MR) is 88.9 cm³/mol. The van der Waals surface area contributed by atoms with Gasteiger partial charge in [0.25, 0.3) is 0 Å². The minimum atomic E-state index is -1.68. The van der Waals surface area contributed by atoms with E-state index in [1.165, 1.54) is 0 Å². The van der Waals surface area contributed by atoms with Crippen LogP contribution < -0.4 is 16.4 Å². The third-order valence-corrected chi connectivity index (χ3v) is 5.11. The van der Waals surface area contributed by atoms with Crippen molar-refractivity contribution >= 4 is 29.2 Å². The lowest BCUT2D eigenvalue weighted by Crippen LogP contribution is -2.48. The van der Waals surface area contributed by atoms with Crippen LogP contribution in [-0.2, 0) is 19.7 Å². The van der Waals surface area contributed by atoms with E-state index in [0.717, 1.165) is 0 Å². The molecule has 1 aromatic rings. The number of nitrogens with two attached hydrogens (primary N) is 1. The molecule has 8 heteroatoms. The molecule has 0 saturated heterocycles. The molecule has 7 nitrogen and oxygen atoms in total. The molecule has 3 aliphatic heterocycles. The maximum atomic E-state index is 13.1. The number of carbonyl (C=O) groups is 2.